The van der Waals surface area contributed by atoms with Crippen LogP contribution >= 0.6 is 0 Å². The van der Waals surface area contributed by atoms with Gasteiger partial charge in [-0.2, -0.15) is 0 Å². The first-order chi connectivity index (χ1) is 10.4. The number of aromatic nitrogens is 3. The average molecular weight is 269 g/mol. The molecule has 0 saturated carbocycles. The smallest absolute Gasteiger partial charge is 0.146 e. The third-order valence-electron chi connectivity index (χ3n) is 4.02. The number of benzene rings is 1. The summed E-state index contributed by atoms with van der Waals surface area (Å²) in [5.74, 6) is 0. The summed E-state index contributed by atoms with van der Waals surface area (Å²) in [6.07, 6.45) is 3.88. The van der Waals surface area contributed by atoms with Gasteiger partial charge in [0.2, 0.25) is 0 Å². The summed E-state index contributed by atoms with van der Waals surface area (Å²) in [5, 5.41) is 3.41. The molecule has 0 bridgehead atoms. The SMILES string of the molecule is c1ccc2nc3c(cc2c1)c1cccn1c1ncccc31. The van der Waals surface area contributed by atoms with E-state index in [1.807, 2.05) is 24.4 Å². The molecule has 98 valence electrons. The van der Waals surface area contributed by atoms with Crippen LogP contribution in [0.15, 0.2) is 67.0 Å². The third kappa shape index (κ3) is 1.37. The molecule has 0 radical (unpaired) electrons. The average Bonchev–Trinajstić information content (AvgIpc) is 3.03. The molecular formula is C18H11N3. The molecule has 0 unspecified atom stereocenters. The number of hydrogen-bond acceptors (Lipinski definition) is 2. The van der Waals surface area contributed by atoms with Crippen molar-refractivity contribution in [1.29, 1.82) is 0 Å². The van der Waals surface area contributed by atoms with E-state index in [0.717, 1.165) is 33.0 Å². The Balaban J connectivity index is 2.18. The van der Waals surface area contributed by atoms with E-state index in [-0.39, 0.29) is 0 Å². The number of para-hydroxylation sites is 1. The van der Waals surface area contributed by atoms with Gasteiger partial charge in [-0.05, 0) is 36.4 Å². The second-order valence-electron chi connectivity index (χ2n) is 5.22. The van der Waals surface area contributed by atoms with Crippen molar-refractivity contribution in [3.8, 4) is 0 Å². The Morgan fingerprint density at radius 3 is 2.81 bits per heavy atom. The summed E-state index contributed by atoms with van der Waals surface area (Å²) in [6, 6.07) is 18.7. The summed E-state index contributed by atoms with van der Waals surface area (Å²) in [5.41, 5.74) is 4.14. The van der Waals surface area contributed by atoms with Crippen LogP contribution in [0.1, 0.15) is 0 Å². The van der Waals surface area contributed by atoms with Crippen LogP contribution in [0, 0.1) is 0 Å². The zero-order valence-electron chi connectivity index (χ0n) is 11.2. The van der Waals surface area contributed by atoms with Gasteiger partial charge in [-0.25, -0.2) is 9.97 Å². The zero-order valence-corrected chi connectivity index (χ0v) is 11.2. The Hall–Kier alpha value is -2.94. The highest BCUT2D eigenvalue weighted by atomic mass is 15.0. The van der Waals surface area contributed by atoms with Crippen LogP contribution in [0.4, 0.5) is 0 Å². The van der Waals surface area contributed by atoms with Crippen LogP contribution in [0.2, 0.25) is 0 Å². The van der Waals surface area contributed by atoms with Gasteiger partial charge in [-0.3, -0.25) is 0 Å². The maximum Gasteiger partial charge on any atom is 0.146 e. The van der Waals surface area contributed by atoms with Gasteiger partial charge in [0, 0.05) is 28.6 Å². The second-order valence-corrected chi connectivity index (χ2v) is 5.22. The number of fused-ring (bicyclic) bond motifs is 7. The highest BCUT2D eigenvalue weighted by molar-refractivity contribution is 6.12. The lowest BCUT2D eigenvalue weighted by Gasteiger charge is -2.08. The Morgan fingerprint density at radius 2 is 1.81 bits per heavy atom. The van der Waals surface area contributed by atoms with Crippen molar-refractivity contribution in [2.24, 2.45) is 0 Å². The lowest BCUT2D eigenvalue weighted by molar-refractivity contribution is 1.21. The van der Waals surface area contributed by atoms with Gasteiger partial charge in [0.1, 0.15) is 5.65 Å². The Labute approximate surface area is 120 Å². The largest absolute Gasteiger partial charge is 0.301 e. The molecule has 4 aromatic heterocycles. The predicted octanol–water partition coefficient (Wildman–Crippen LogP) is 4.19. The number of nitrogens with zero attached hydrogens (tertiary/aromatic N) is 3. The maximum absolute atomic E-state index is 4.88. The number of rotatable bonds is 0. The first kappa shape index (κ1) is 10.8. The van der Waals surface area contributed by atoms with E-state index < -0.39 is 0 Å². The van der Waals surface area contributed by atoms with Gasteiger partial charge in [0.05, 0.1) is 16.6 Å². The molecular weight excluding hydrogens is 258 g/mol. The van der Waals surface area contributed by atoms with Crippen molar-refractivity contribution >= 4 is 38.4 Å². The van der Waals surface area contributed by atoms with Crippen molar-refractivity contribution in [3.63, 3.8) is 0 Å². The van der Waals surface area contributed by atoms with Crippen LogP contribution in [-0.4, -0.2) is 14.4 Å². The highest BCUT2D eigenvalue weighted by Crippen LogP contribution is 2.29. The van der Waals surface area contributed by atoms with Gasteiger partial charge in [0.25, 0.3) is 0 Å². The van der Waals surface area contributed by atoms with E-state index in [1.165, 1.54) is 5.39 Å². The molecule has 0 fully saturated rings. The topological polar surface area (TPSA) is 30.2 Å². The van der Waals surface area contributed by atoms with Gasteiger partial charge in [-0.15, -0.1) is 0 Å². The minimum absolute atomic E-state index is 0.952. The summed E-state index contributed by atoms with van der Waals surface area (Å²) < 4.78 is 2.13. The fourth-order valence-electron chi connectivity index (χ4n) is 3.08. The summed E-state index contributed by atoms with van der Waals surface area (Å²) in [7, 11) is 0. The molecule has 0 spiro atoms. The third-order valence-corrected chi connectivity index (χ3v) is 4.02. The van der Waals surface area contributed by atoms with Crippen molar-refractivity contribution in [1.82, 2.24) is 14.4 Å². The van der Waals surface area contributed by atoms with Crippen LogP contribution in [0.5, 0.6) is 0 Å². The highest BCUT2D eigenvalue weighted by Gasteiger charge is 2.10. The van der Waals surface area contributed by atoms with E-state index in [4.69, 9.17) is 4.98 Å². The molecule has 5 aromatic rings. The standard InChI is InChI=1S/C18H11N3/c1-2-7-15-12(5-1)11-14-16-8-4-10-21(16)18-13(17(14)20-15)6-3-9-19-18/h1-11H. The maximum atomic E-state index is 4.88. The van der Waals surface area contributed by atoms with E-state index in [9.17, 15) is 0 Å². The fraction of sp³-hybridized carbons (Fsp3) is 0. The minimum atomic E-state index is 0.952. The Kier molecular flexibility index (Phi) is 1.95. The van der Waals surface area contributed by atoms with Crippen LogP contribution < -0.4 is 0 Å². The Bertz CT molecular complexity index is 1140. The van der Waals surface area contributed by atoms with Gasteiger partial charge >= 0.3 is 0 Å². The van der Waals surface area contributed by atoms with Crippen LogP contribution in [0.25, 0.3) is 38.4 Å². The van der Waals surface area contributed by atoms with E-state index in [1.54, 1.807) is 0 Å². The van der Waals surface area contributed by atoms with Crippen molar-refractivity contribution < 1.29 is 0 Å². The molecule has 1 aromatic carbocycles. The van der Waals surface area contributed by atoms with Crippen LogP contribution in [0.3, 0.4) is 0 Å². The molecule has 0 amide bonds. The van der Waals surface area contributed by atoms with E-state index in [0.29, 0.717) is 0 Å². The monoisotopic (exact) mass is 269 g/mol. The molecule has 0 aliphatic rings. The quantitative estimate of drug-likeness (QED) is 0.312. The lowest BCUT2D eigenvalue weighted by Crippen LogP contribution is -1.93. The summed E-state index contributed by atoms with van der Waals surface area (Å²) >= 11 is 0. The fourth-order valence-corrected chi connectivity index (χ4v) is 3.08. The zero-order chi connectivity index (χ0) is 13.8. The van der Waals surface area contributed by atoms with Crippen LogP contribution in [-0.2, 0) is 0 Å². The lowest BCUT2D eigenvalue weighted by atomic mass is 10.1. The number of hydrogen-bond donors (Lipinski definition) is 0. The molecule has 21 heavy (non-hydrogen) atoms. The normalized spacial score (nSPS) is 11.8. The van der Waals surface area contributed by atoms with E-state index in [2.05, 4.69) is 52.0 Å². The molecule has 0 aliphatic carbocycles. The first-order valence-corrected chi connectivity index (χ1v) is 6.95. The van der Waals surface area contributed by atoms with Crippen molar-refractivity contribution in [2.45, 2.75) is 0 Å². The molecule has 0 aliphatic heterocycles. The van der Waals surface area contributed by atoms with E-state index >= 15 is 0 Å². The predicted molar refractivity (Wildman–Crippen MR) is 85.5 cm³/mol. The number of pyridine rings is 3. The second kappa shape index (κ2) is 3.79. The van der Waals surface area contributed by atoms with Crippen molar-refractivity contribution in [2.75, 3.05) is 0 Å². The molecule has 0 N–H and O–H groups in total. The first-order valence-electron chi connectivity index (χ1n) is 6.95. The summed E-state index contributed by atoms with van der Waals surface area (Å²) in [6.45, 7) is 0. The molecule has 0 saturated heterocycles. The summed E-state index contributed by atoms with van der Waals surface area (Å²) in [4.78, 5) is 9.42. The van der Waals surface area contributed by atoms with Gasteiger partial charge in [-0.1, -0.05) is 18.2 Å². The Morgan fingerprint density at radius 1 is 0.857 bits per heavy atom. The van der Waals surface area contributed by atoms with Gasteiger partial charge < -0.3 is 4.40 Å². The molecule has 4 heterocycles. The van der Waals surface area contributed by atoms with Gasteiger partial charge in [0.15, 0.2) is 0 Å². The molecule has 3 nitrogen and oxygen atoms in total. The molecule has 0 atom stereocenters. The minimum Gasteiger partial charge on any atom is -0.301 e. The molecule has 5 rings (SSSR count). The van der Waals surface area contributed by atoms with Crippen molar-refractivity contribution in [3.05, 3.63) is 67.0 Å². The molecule has 3 heteroatoms.